The molecule has 0 radical (unpaired) electrons. The predicted octanol–water partition coefficient (Wildman–Crippen LogP) is 2.00. The number of nitriles is 1. The van der Waals surface area contributed by atoms with Crippen LogP contribution in [0, 0.1) is 17.2 Å². The fourth-order valence-electron chi connectivity index (χ4n) is 2.75. The van der Waals surface area contributed by atoms with E-state index in [1.54, 1.807) is 0 Å². The molecule has 0 aromatic carbocycles. The first kappa shape index (κ1) is 13.5. The molecule has 16 heavy (non-hydrogen) atoms. The zero-order chi connectivity index (χ0) is 12.2. The van der Waals surface area contributed by atoms with Crippen molar-refractivity contribution in [3.8, 4) is 6.07 Å². The summed E-state index contributed by atoms with van der Waals surface area (Å²) in [5.74, 6) is 0.801. The monoisotopic (exact) mass is 223 g/mol. The Labute approximate surface area is 99.8 Å². The van der Waals surface area contributed by atoms with Gasteiger partial charge in [-0.2, -0.15) is 5.26 Å². The topological polar surface area (TPSA) is 39.1 Å². The summed E-state index contributed by atoms with van der Waals surface area (Å²) in [6.07, 6.45) is 5.14. The molecule has 0 saturated heterocycles. The molecule has 3 heteroatoms. The highest BCUT2D eigenvalue weighted by Crippen LogP contribution is 2.35. The summed E-state index contributed by atoms with van der Waals surface area (Å²) in [5, 5.41) is 12.2. The molecule has 1 rings (SSSR count). The van der Waals surface area contributed by atoms with Gasteiger partial charge in [0, 0.05) is 12.1 Å². The van der Waals surface area contributed by atoms with Crippen molar-refractivity contribution >= 4 is 0 Å². The Kier molecular flexibility index (Phi) is 4.76. The van der Waals surface area contributed by atoms with Gasteiger partial charge in [0.1, 0.15) is 0 Å². The molecule has 1 saturated carbocycles. The van der Waals surface area contributed by atoms with Crippen LogP contribution in [0.15, 0.2) is 0 Å². The summed E-state index contributed by atoms with van der Waals surface area (Å²) in [6, 6.07) is 2.20. The van der Waals surface area contributed by atoms with E-state index in [1.807, 2.05) is 6.92 Å². The van der Waals surface area contributed by atoms with E-state index in [1.165, 1.54) is 25.7 Å². The number of nitrogens with zero attached hydrogens (tertiary/aromatic N) is 2. The van der Waals surface area contributed by atoms with Gasteiger partial charge in [0.2, 0.25) is 0 Å². The van der Waals surface area contributed by atoms with Crippen LogP contribution in [0.1, 0.15) is 39.5 Å². The molecule has 1 aliphatic carbocycles. The maximum absolute atomic E-state index is 8.81. The second-order valence-corrected chi connectivity index (χ2v) is 5.55. The summed E-state index contributed by atoms with van der Waals surface area (Å²) >= 11 is 0. The van der Waals surface area contributed by atoms with Crippen LogP contribution in [0.5, 0.6) is 0 Å². The number of hydrogen-bond acceptors (Lipinski definition) is 3. The Morgan fingerprint density at radius 2 is 2.25 bits per heavy atom. The normalized spacial score (nSPS) is 32.4. The van der Waals surface area contributed by atoms with Crippen molar-refractivity contribution < 1.29 is 0 Å². The molecule has 92 valence electrons. The van der Waals surface area contributed by atoms with Gasteiger partial charge in [0.25, 0.3) is 0 Å². The zero-order valence-electron chi connectivity index (χ0n) is 11.1. The van der Waals surface area contributed by atoms with E-state index in [-0.39, 0.29) is 11.6 Å². The minimum Gasteiger partial charge on any atom is -0.302 e. The van der Waals surface area contributed by atoms with E-state index in [4.69, 9.17) is 5.26 Å². The van der Waals surface area contributed by atoms with Gasteiger partial charge >= 0.3 is 0 Å². The Morgan fingerprint density at radius 1 is 1.56 bits per heavy atom. The number of hydrogen-bond donors (Lipinski definition) is 1. The smallest absolute Gasteiger partial charge is 0.0925 e. The Hall–Kier alpha value is -0.590. The second-order valence-electron chi connectivity index (χ2n) is 5.55. The molecular weight excluding hydrogens is 198 g/mol. The van der Waals surface area contributed by atoms with Gasteiger partial charge in [-0.1, -0.05) is 19.8 Å². The zero-order valence-corrected chi connectivity index (χ0v) is 11.1. The molecule has 0 aromatic rings. The van der Waals surface area contributed by atoms with Crippen LogP contribution in [0.2, 0.25) is 0 Å². The van der Waals surface area contributed by atoms with Crippen molar-refractivity contribution in [3.05, 3.63) is 0 Å². The average Bonchev–Trinajstić information content (AvgIpc) is 2.25. The first-order chi connectivity index (χ1) is 7.50. The van der Waals surface area contributed by atoms with Gasteiger partial charge in [0.15, 0.2) is 0 Å². The van der Waals surface area contributed by atoms with Crippen LogP contribution < -0.4 is 5.32 Å². The summed E-state index contributed by atoms with van der Waals surface area (Å²) in [4.78, 5) is 2.35. The molecule has 0 heterocycles. The molecule has 1 fully saturated rings. The summed E-state index contributed by atoms with van der Waals surface area (Å²) < 4.78 is 0. The lowest BCUT2D eigenvalue weighted by Crippen LogP contribution is -2.55. The molecule has 1 N–H and O–H groups in total. The molecule has 3 atom stereocenters. The van der Waals surface area contributed by atoms with Crippen LogP contribution in [0.25, 0.3) is 0 Å². The van der Waals surface area contributed by atoms with Crippen LogP contribution in [0.3, 0.4) is 0 Å². The van der Waals surface area contributed by atoms with E-state index < -0.39 is 0 Å². The summed E-state index contributed by atoms with van der Waals surface area (Å²) in [5.41, 5.74) is 0.253. The molecule has 0 bridgehead atoms. The third-order valence-electron chi connectivity index (χ3n) is 3.95. The average molecular weight is 223 g/mol. The van der Waals surface area contributed by atoms with Gasteiger partial charge < -0.3 is 10.2 Å². The number of rotatable bonds is 4. The number of likely N-dealkylation sites (N-methyl/N-ethyl adjacent to an activating group) is 1. The maximum Gasteiger partial charge on any atom is 0.0925 e. The molecular formula is C13H25N3. The minimum absolute atomic E-state index is 0.0472. The van der Waals surface area contributed by atoms with Gasteiger partial charge in [-0.05, 0) is 39.8 Å². The largest absolute Gasteiger partial charge is 0.302 e. The van der Waals surface area contributed by atoms with Gasteiger partial charge in [-0.3, -0.25) is 0 Å². The van der Waals surface area contributed by atoms with Crippen molar-refractivity contribution in [3.63, 3.8) is 0 Å². The fourth-order valence-corrected chi connectivity index (χ4v) is 2.75. The third kappa shape index (κ3) is 3.20. The molecule has 0 amide bonds. The first-order valence-electron chi connectivity index (χ1n) is 6.30. The lowest BCUT2D eigenvalue weighted by molar-refractivity contribution is 0.0743. The van der Waals surface area contributed by atoms with E-state index in [9.17, 15) is 0 Å². The number of nitrogens with one attached hydrogen (secondary N) is 1. The van der Waals surface area contributed by atoms with E-state index in [2.05, 4.69) is 37.3 Å². The Morgan fingerprint density at radius 3 is 2.75 bits per heavy atom. The highest BCUT2D eigenvalue weighted by atomic mass is 15.2. The lowest BCUT2D eigenvalue weighted by atomic mass is 9.75. The molecule has 3 nitrogen and oxygen atoms in total. The lowest BCUT2D eigenvalue weighted by Gasteiger charge is -2.45. The van der Waals surface area contributed by atoms with Crippen LogP contribution in [0.4, 0.5) is 0 Å². The molecule has 0 aliphatic heterocycles. The summed E-state index contributed by atoms with van der Waals surface area (Å²) in [6.45, 7) is 5.19. The summed E-state index contributed by atoms with van der Waals surface area (Å²) in [7, 11) is 4.33. The maximum atomic E-state index is 8.81. The SMILES string of the molecule is CC1CCCC(CNC(C)C#N)(N(C)C)C1. The molecule has 1 aliphatic rings. The van der Waals surface area contributed by atoms with Crippen molar-refractivity contribution in [2.24, 2.45) is 5.92 Å². The second kappa shape index (κ2) is 5.65. The highest BCUT2D eigenvalue weighted by molar-refractivity contribution is 4.97. The van der Waals surface area contributed by atoms with E-state index >= 15 is 0 Å². The van der Waals surface area contributed by atoms with Crippen LogP contribution in [-0.4, -0.2) is 37.1 Å². The minimum atomic E-state index is -0.0472. The molecule has 3 unspecified atom stereocenters. The fraction of sp³-hybridized carbons (Fsp3) is 0.923. The van der Waals surface area contributed by atoms with Crippen molar-refractivity contribution in [1.82, 2.24) is 10.2 Å². The molecule has 0 aromatic heterocycles. The predicted molar refractivity (Wildman–Crippen MR) is 67.1 cm³/mol. The molecule has 0 spiro atoms. The Balaban J connectivity index is 2.62. The van der Waals surface area contributed by atoms with Gasteiger partial charge in [-0.25, -0.2) is 0 Å². The van der Waals surface area contributed by atoms with Crippen LogP contribution in [-0.2, 0) is 0 Å². The third-order valence-corrected chi connectivity index (χ3v) is 3.95. The van der Waals surface area contributed by atoms with E-state index in [0.717, 1.165) is 12.5 Å². The van der Waals surface area contributed by atoms with Crippen molar-refractivity contribution in [1.29, 1.82) is 5.26 Å². The standard InChI is InChI=1S/C13H25N3/c1-11-6-5-7-13(8-11,16(3)4)10-15-12(2)9-14/h11-12,15H,5-8,10H2,1-4H3. The van der Waals surface area contributed by atoms with E-state index in [0.29, 0.717) is 0 Å². The van der Waals surface area contributed by atoms with Crippen molar-refractivity contribution in [2.45, 2.75) is 51.1 Å². The quantitative estimate of drug-likeness (QED) is 0.792. The Bertz CT molecular complexity index is 256. The van der Waals surface area contributed by atoms with Crippen LogP contribution >= 0.6 is 0 Å². The first-order valence-corrected chi connectivity index (χ1v) is 6.30. The van der Waals surface area contributed by atoms with Gasteiger partial charge in [0.05, 0.1) is 12.1 Å². The van der Waals surface area contributed by atoms with Crippen molar-refractivity contribution in [2.75, 3.05) is 20.6 Å². The highest BCUT2D eigenvalue weighted by Gasteiger charge is 2.36. The van der Waals surface area contributed by atoms with Gasteiger partial charge in [-0.15, -0.1) is 0 Å².